The van der Waals surface area contributed by atoms with Crippen LogP contribution in [-0.4, -0.2) is 47.7 Å². The highest BCUT2D eigenvalue weighted by Gasteiger charge is 2.41. The fourth-order valence-electron chi connectivity index (χ4n) is 5.59. The Bertz CT molecular complexity index is 1320. The van der Waals surface area contributed by atoms with Crippen LogP contribution < -0.4 is 10.2 Å². The number of carbonyl (C=O) groups is 1. The summed E-state index contributed by atoms with van der Waals surface area (Å²) in [5.41, 5.74) is 1.30. The smallest absolute Gasteiger partial charge is 0.249 e. The molecule has 0 saturated carbocycles. The fraction of sp³-hybridized carbons (Fsp3) is 0.448. The molecule has 2 aromatic carbocycles. The van der Waals surface area contributed by atoms with Gasteiger partial charge in [0.1, 0.15) is 36.0 Å². The topological polar surface area (TPSA) is 74.7 Å². The minimum Gasteiger partial charge on any atom is -0.497 e. The number of methoxy groups -OCH3 is 1. The molecule has 1 atom stereocenters. The van der Waals surface area contributed by atoms with Crippen molar-refractivity contribution in [3.8, 4) is 5.75 Å². The third-order valence-electron chi connectivity index (χ3n) is 7.94. The molecule has 1 unspecified atom stereocenters. The van der Waals surface area contributed by atoms with Gasteiger partial charge in [-0.1, -0.05) is 0 Å². The van der Waals surface area contributed by atoms with Crippen LogP contribution >= 0.6 is 0 Å². The number of nitrogens with one attached hydrogen (secondary N) is 1. The summed E-state index contributed by atoms with van der Waals surface area (Å²) in [4.78, 5) is 19.0. The largest absolute Gasteiger partial charge is 0.497 e. The van der Waals surface area contributed by atoms with Gasteiger partial charge in [-0.3, -0.25) is 15.0 Å². The zero-order valence-electron chi connectivity index (χ0n) is 22.2. The van der Waals surface area contributed by atoms with Gasteiger partial charge >= 0.3 is 0 Å². The number of ether oxygens (including phenoxy) is 1. The van der Waals surface area contributed by atoms with Gasteiger partial charge in [-0.2, -0.15) is 0 Å². The first-order valence-electron chi connectivity index (χ1n) is 13.2. The fourth-order valence-corrected chi connectivity index (χ4v) is 5.59. The molecular weight excluding hydrogens is 533 g/mol. The summed E-state index contributed by atoms with van der Waals surface area (Å²) in [7, 11) is 1.48. The van der Waals surface area contributed by atoms with E-state index in [2.05, 4.69) is 4.98 Å². The standard InChI is InChI=1S/C29H32F5N3O3/c1-40-20-4-5-26-22(15-20)27(18(16-30)17-35-26)23(32)6-7-29(28(38)36-39)8-11-37(12-9-29)10-2-3-21-24(33)13-19(31)14-25(21)34/h4-5,13-15,17,23,39H,2-3,6-12,16H2,1H3,(H,36,38). The highest BCUT2D eigenvalue weighted by Crippen LogP contribution is 2.41. The Morgan fingerprint density at radius 1 is 1.18 bits per heavy atom. The van der Waals surface area contributed by atoms with Crippen molar-refractivity contribution >= 4 is 16.8 Å². The molecular formula is C29H32F5N3O3. The van der Waals surface area contributed by atoms with Crippen molar-refractivity contribution in [1.82, 2.24) is 15.4 Å². The highest BCUT2D eigenvalue weighted by atomic mass is 19.2. The maximum Gasteiger partial charge on any atom is 0.249 e. The van der Waals surface area contributed by atoms with Crippen LogP contribution in [0.1, 0.15) is 55.0 Å². The molecule has 2 N–H and O–H groups in total. The molecule has 1 amide bonds. The second-order valence-corrected chi connectivity index (χ2v) is 10.2. The number of piperidine rings is 1. The Morgan fingerprint density at radius 3 is 2.50 bits per heavy atom. The van der Waals surface area contributed by atoms with Crippen LogP contribution in [0.15, 0.2) is 36.5 Å². The number of alkyl halides is 2. The van der Waals surface area contributed by atoms with E-state index in [1.54, 1.807) is 23.7 Å². The Kier molecular flexibility index (Phi) is 9.57. The second kappa shape index (κ2) is 12.9. The highest BCUT2D eigenvalue weighted by molar-refractivity contribution is 5.85. The molecule has 0 aliphatic carbocycles. The number of hydrogen-bond donors (Lipinski definition) is 2. The van der Waals surface area contributed by atoms with Crippen molar-refractivity contribution in [2.24, 2.45) is 5.41 Å². The van der Waals surface area contributed by atoms with E-state index in [0.717, 1.165) is 0 Å². The SMILES string of the molecule is COc1ccc2ncc(CF)c(C(F)CCC3(C(=O)NO)CCN(CCCc4c(F)cc(F)cc4F)CC3)c2c1. The lowest BCUT2D eigenvalue weighted by Gasteiger charge is -2.40. The van der Waals surface area contributed by atoms with Crippen molar-refractivity contribution in [2.45, 2.75) is 51.4 Å². The number of amides is 1. The minimum atomic E-state index is -1.59. The number of rotatable bonds is 11. The molecule has 40 heavy (non-hydrogen) atoms. The van der Waals surface area contributed by atoms with Crippen LogP contribution in [0.3, 0.4) is 0 Å². The maximum atomic E-state index is 15.8. The first kappa shape index (κ1) is 29.7. The van der Waals surface area contributed by atoms with Crippen LogP contribution in [-0.2, 0) is 17.9 Å². The Morgan fingerprint density at radius 2 is 1.88 bits per heavy atom. The zero-order valence-corrected chi connectivity index (χ0v) is 22.2. The maximum absolute atomic E-state index is 15.8. The van der Waals surface area contributed by atoms with E-state index in [4.69, 9.17) is 4.74 Å². The molecule has 4 rings (SSSR count). The number of benzene rings is 2. The van der Waals surface area contributed by atoms with E-state index < -0.39 is 41.6 Å². The Labute approximate surface area is 229 Å². The minimum absolute atomic E-state index is 0.0835. The molecule has 2 heterocycles. The molecule has 0 radical (unpaired) electrons. The van der Waals surface area contributed by atoms with Gasteiger partial charge in [0.25, 0.3) is 0 Å². The predicted molar refractivity (Wildman–Crippen MR) is 139 cm³/mol. The zero-order chi connectivity index (χ0) is 28.9. The van der Waals surface area contributed by atoms with Gasteiger partial charge in [0.05, 0.1) is 18.0 Å². The summed E-state index contributed by atoms with van der Waals surface area (Å²) in [6.45, 7) is 0.482. The summed E-state index contributed by atoms with van der Waals surface area (Å²) in [5.74, 6) is -2.95. The first-order valence-corrected chi connectivity index (χ1v) is 13.2. The number of halogens is 5. The van der Waals surface area contributed by atoms with Crippen LogP contribution in [0.5, 0.6) is 5.75 Å². The van der Waals surface area contributed by atoms with E-state index in [0.29, 0.717) is 67.7 Å². The summed E-state index contributed by atoms with van der Waals surface area (Å²) in [6, 6.07) is 6.27. The van der Waals surface area contributed by atoms with E-state index in [-0.39, 0.29) is 36.0 Å². The molecule has 0 spiro atoms. The third kappa shape index (κ3) is 6.36. The van der Waals surface area contributed by atoms with Crippen LogP contribution in [0.2, 0.25) is 0 Å². The van der Waals surface area contributed by atoms with Gasteiger partial charge in [-0.15, -0.1) is 0 Å². The number of fused-ring (bicyclic) bond motifs is 1. The van der Waals surface area contributed by atoms with Crippen molar-refractivity contribution in [3.63, 3.8) is 0 Å². The molecule has 1 aliphatic rings. The quantitative estimate of drug-likeness (QED) is 0.166. The Hall–Kier alpha value is -3.31. The number of carbonyl (C=O) groups excluding carboxylic acids is 1. The molecule has 3 aromatic rings. The molecule has 216 valence electrons. The number of likely N-dealkylation sites (tertiary alicyclic amines) is 1. The number of hydroxylamine groups is 1. The van der Waals surface area contributed by atoms with Gasteiger partial charge in [-0.25, -0.2) is 27.4 Å². The summed E-state index contributed by atoms with van der Waals surface area (Å²) >= 11 is 0. The lowest BCUT2D eigenvalue weighted by molar-refractivity contribution is -0.143. The lowest BCUT2D eigenvalue weighted by atomic mass is 9.73. The average molecular weight is 566 g/mol. The molecule has 1 saturated heterocycles. The third-order valence-corrected chi connectivity index (χ3v) is 7.94. The number of hydrogen-bond acceptors (Lipinski definition) is 5. The average Bonchev–Trinajstić information content (AvgIpc) is 2.96. The molecule has 6 nitrogen and oxygen atoms in total. The Balaban J connectivity index is 1.42. The van der Waals surface area contributed by atoms with Gasteiger partial charge in [0.2, 0.25) is 5.91 Å². The van der Waals surface area contributed by atoms with Crippen LogP contribution in [0.4, 0.5) is 22.0 Å². The first-order chi connectivity index (χ1) is 19.2. The molecule has 1 fully saturated rings. The van der Waals surface area contributed by atoms with Crippen molar-refractivity contribution in [3.05, 3.63) is 70.7 Å². The van der Waals surface area contributed by atoms with Crippen molar-refractivity contribution in [2.75, 3.05) is 26.7 Å². The predicted octanol–water partition coefficient (Wildman–Crippen LogP) is 6.14. The van der Waals surface area contributed by atoms with Crippen LogP contribution in [0.25, 0.3) is 10.9 Å². The number of pyridine rings is 1. The number of aromatic nitrogens is 1. The van der Waals surface area contributed by atoms with E-state index in [1.807, 2.05) is 4.90 Å². The van der Waals surface area contributed by atoms with E-state index in [1.165, 1.54) is 13.3 Å². The van der Waals surface area contributed by atoms with Gasteiger partial charge in [-0.05, 0) is 76.4 Å². The van der Waals surface area contributed by atoms with Crippen molar-refractivity contribution < 1.29 is 36.7 Å². The van der Waals surface area contributed by atoms with Gasteiger partial charge in [0, 0.05) is 40.4 Å². The molecule has 1 aromatic heterocycles. The molecule has 1 aliphatic heterocycles. The van der Waals surface area contributed by atoms with E-state index in [9.17, 15) is 27.6 Å². The van der Waals surface area contributed by atoms with Gasteiger partial charge in [0.15, 0.2) is 0 Å². The normalized spacial score (nSPS) is 16.2. The summed E-state index contributed by atoms with van der Waals surface area (Å²) < 4.78 is 75.9. The molecule has 0 bridgehead atoms. The van der Waals surface area contributed by atoms with E-state index >= 15 is 4.39 Å². The van der Waals surface area contributed by atoms with Crippen LogP contribution in [0, 0.1) is 22.9 Å². The van der Waals surface area contributed by atoms with Gasteiger partial charge < -0.3 is 9.64 Å². The van der Waals surface area contributed by atoms with Crippen molar-refractivity contribution in [1.29, 1.82) is 0 Å². The monoisotopic (exact) mass is 565 g/mol. The second-order valence-electron chi connectivity index (χ2n) is 10.2. The number of nitrogens with zero attached hydrogens (tertiary/aromatic N) is 2. The lowest BCUT2D eigenvalue weighted by Crippen LogP contribution is -2.48. The summed E-state index contributed by atoms with van der Waals surface area (Å²) in [6.07, 6.45) is 0.899. The summed E-state index contributed by atoms with van der Waals surface area (Å²) in [5, 5.41) is 9.88. The molecule has 11 heteroatoms.